The maximum Gasteiger partial charge on any atom is 0.309 e. The SMILES string of the molecule is CC(C)(C)c1cc(CCC(=O)O)cc(C(C)(C)C)c1O.CCCCCCCCCCCCCCCCCCOC(=O)C(CCCCCCCCCCCCCCCCCC)Cc1cc(C(C)(C)C)c(O)c(C(C)(C)C)c1. The minimum Gasteiger partial charge on any atom is -0.507 e. The van der Waals surface area contributed by atoms with E-state index in [1.807, 2.05) is 12.1 Å². The van der Waals surface area contributed by atoms with Crippen LogP contribution >= 0.6 is 0 Å². The van der Waals surface area contributed by atoms with Gasteiger partial charge in [0, 0.05) is 6.42 Å². The first-order chi connectivity index (χ1) is 35.8. The Labute approximate surface area is 470 Å². The third kappa shape index (κ3) is 32.8. The average molecular weight is 1060 g/mol. The van der Waals surface area contributed by atoms with E-state index in [1.54, 1.807) is 0 Å². The fraction of sp³-hybridized carbons (Fsp3) is 0.800. The van der Waals surface area contributed by atoms with Crippen LogP contribution in [-0.4, -0.2) is 33.9 Å². The summed E-state index contributed by atoms with van der Waals surface area (Å²) in [6.45, 7) is 30.4. The predicted molar refractivity (Wildman–Crippen MR) is 329 cm³/mol. The summed E-state index contributed by atoms with van der Waals surface area (Å²) >= 11 is 0. The van der Waals surface area contributed by atoms with Crippen LogP contribution in [0.1, 0.15) is 349 Å². The molecule has 1 atom stereocenters. The Hall–Kier alpha value is -3.02. The minimum absolute atomic E-state index is 0.0189. The summed E-state index contributed by atoms with van der Waals surface area (Å²) in [5.41, 5.74) is 5.11. The van der Waals surface area contributed by atoms with Gasteiger partial charge in [0.25, 0.3) is 0 Å². The van der Waals surface area contributed by atoms with Crippen LogP contribution in [0.4, 0.5) is 0 Å². The Kier molecular flexibility index (Phi) is 36.8. The highest BCUT2D eigenvalue weighted by molar-refractivity contribution is 5.73. The van der Waals surface area contributed by atoms with Crippen molar-refractivity contribution in [3.63, 3.8) is 0 Å². The van der Waals surface area contributed by atoms with E-state index in [-0.39, 0.29) is 40.0 Å². The molecule has 2 aromatic carbocycles. The van der Waals surface area contributed by atoms with Gasteiger partial charge in [0.05, 0.1) is 12.5 Å². The van der Waals surface area contributed by atoms with Gasteiger partial charge in [0.2, 0.25) is 0 Å². The number of esters is 1. The Balaban J connectivity index is 0.00000120. The molecule has 0 aromatic heterocycles. The zero-order valence-electron chi connectivity index (χ0n) is 52.6. The number of benzene rings is 2. The van der Waals surface area contributed by atoms with Crippen LogP contribution in [0.2, 0.25) is 0 Å². The molecule has 6 heteroatoms. The fourth-order valence-corrected chi connectivity index (χ4v) is 10.7. The number of rotatable bonds is 40. The maximum atomic E-state index is 13.7. The first-order valence-corrected chi connectivity index (χ1v) is 32.0. The molecule has 0 amide bonds. The molecule has 1 unspecified atom stereocenters. The summed E-state index contributed by atoms with van der Waals surface area (Å²) in [5, 5.41) is 30.7. The number of aromatic hydroxyl groups is 2. The largest absolute Gasteiger partial charge is 0.507 e. The van der Waals surface area contributed by atoms with Crippen LogP contribution < -0.4 is 0 Å². The molecule has 0 fully saturated rings. The molecule has 0 spiro atoms. The molecule has 440 valence electrons. The first-order valence-electron chi connectivity index (χ1n) is 32.0. The number of phenolic OH excluding ortho intramolecular Hbond substituents is 2. The van der Waals surface area contributed by atoms with Crippen molar-refractivity contribution in [1.82, 2.24) is 0 Å². The lowest BCUT2D eigenvalue weighted by atomic mass is 9.77. The minimum atomic E-state index is -0.798. The number of unbranched alkanes of at least 4 members (excludes halogenated alkanes) is 30. The molecule has 76 heavy (non-hydrogen) atoms. The van der Waals surface area contributed by atoms with Crippen LogP contribution in [-0.2, 0) is 48.8 Å². The number of hydrogen-bond donors (Lipinski definition) is 3. The van der Waals surface area contributed by atoms with E-state index < -0.39 is 5.97 Å². The number of carbonyl (C=O) groups excluding carboxylic acids is 1. The lowest BCUT2D eigenvalue weighted by molar-refractivity contribution is -0.149. The molecule has 0 heterocycles. The number of aryl methyl sites for hydroxylation is 1. The predicted octanol–water partition coefficient (Wildman–Crippen LogP) is 21.6. The number of phenols is 2. The standard InChI is InChI=1S/C53H98O3.C17H26O3/c1-9-11-13-15-17-19-21-23-25-27-29-31-33-35-37-39-41-47(43-46-44-48(52(3,4)5)50(54)49(45-46)53(6,7)8)51(55)56-42-40-38-36-34-32-30-28-26-24-22-20-18-16-14-12-10-2;1-16(2,3)12-9-11(7-8-14(18)19)10-13(15(12)20)17(4,5)6/h44-45,47,54H,9-43H2,1-8H3;9-10,20H,7-8H2,1-6H3,(H,18,19). The van der Waals surface area contributed by atoms with Crippen molar-refractivity contribution in [3.05, 3.63) is 57.6 Å². The Morgan fingerprint density at radius 1 is 0.408 bits per heavy atom. The number of carboxylic acids is 1. The van der Waals surface area contributed by atoms with Gasteiger partial charge in [-0.05, 0) is 80.7 Å². The van der Waals surface area contributed by atoms with Gasteiger partial charge in [-0.15, -0.1) is 0 Å². The Morgan fingerprint density at radius 3 is 0.947 bits per heavy atom. The third-order valence-electron chi connectivity index (χ3n) is 15.7. The molecule has 6 nitrogen and oxygen atoms in total. The smallest absolute Gasteiger partial charge is 0.309 e. The molecular formula is C70H124O6. The zero-order chi connectivity index (χ0) is 57.0. The van der Waals surface area contributed by atoms with Crippen molar-refractivity contribution in [2.45, 2.75) is 350 Å². The number of ether oxygens (including phenoxy) is 1. The highest BCUT2D eigenvalue weighted by Gasteiger charge is 2.29. The summed E-state index contributed by atoms with van der Waals surface area (Å²) in [6, 6.07) is 8.20. The zero-order valence-corrected chi connectivity index (χ0v) is 52.6. The van der Waals surface area contributed by atoms with E-state index in [0.29, 0.717) is 30.9 Å². The van der Waals surface area contributed by atoms with Crippen molar-refractivity contribution < 1.29 is 29.6 Å². The van der Waals surface area contributed by atoms with Crippen LogP contribution in [0.15, 0.2) is 24.3 Å². The van der Waals surface area contributed by atoms with Crippen LogP contribution in [0, 0.1) is 5.92 Å². The summed E-state index contributed by atoms with van der Waals surface area (Å²) in [6.07, 6.45) is 45.4. The van der Waals surface area contributed by atoms with Gasteiger partial charge in [-0.25, -0.2) is 0 Å². The van der Waals surface area contributed by atoms with Gasteiger partial charge in [0.1, 0.15) is 11.5 Å². The molecule has 0 aliphatic rings. The maximum absolute atomic E-state index is 13.7. The number of carbonyl (C=O) groups is 2. The van der Waals surface area contributed by atoms with E-state index in [0.717, 1.165) is 59.1 Å². The van der Waals surface area contributed by atoms with Crippen molar-refractivity contribution in [3.8, 4) is 11.5 Å². The van der Waals surface area contributed by atoms with E-state index in [2.05, 4.69) is 109 Å². The molecule has 2 rings (SSSR count). The van der Waals surface area contributed by atoms with E-state index >= 15 is 0 Å². The molecule has 0 aliphatic carbocycles. The first kappa shape index (κ1) is 71.0. The summed E-state index contributed by atoms with van der Waals surface area (Å²) in [4.78, 5) is 24.4. The second-order valence-corrected chi connectivity index (χ2v) is 27.4. The highest BCUT2D eigenvalue weighted by atomic mass is 16.5. The van der Waals surface area contributed by atoms with Crippen LogP contribution in [0.5, 0.6) is 11.5 Å². The van der Waals surface area contributed by atoms with Crippen molar-refractivity contribution in [2.24, 2.45) is 5.92 Å². The fourth-order valence-electron chi connectivity index (χ4n) is 10.7. The van der Waals surface area contributed by atoms with Crippen LogP contribution in [0.25, 0.3) is 0 Å². The Bertz CT molecular complexity index is 1740. The molecule has 2 aromatic rings. The topological polar surface area (TPSA) is 104 Å². The normalized spacial score (nSPS) is 12.7. The van der Waals surface area contributed by atoms with Gasteiger partial charge < -0.3 is 20.1 Å². The van der Waals surface area contributed by atoms with E-state index in [9.17, 15) is 19.8 Å². The van der Waals surface area contributed by atoms with Gasteiger partial charge in [-0.2, -0.15) is 0 Å². The summed E-state index contributed by atoms with van der Waals surface area (Å²) in [7, 11) is 0. The quantitative estimate of drug-likeness (QED) is 0.0454. The molecule has 0 saturated carbocycles. The summed E-state index contributed by atoms with van der Waals surface area (Å²) < 4.78 is 6.01. The molecule has 0 radical (unpaired) electrons. The van der Waals surface area contributed by atoms with Crippen molar-refractivity contribution >= 4 is 11.9 Å². The lowest BCUT2D eigenvalue weighted by Gasteiger charge is -2.29. The molecule has 0 aliphatic heterocycles. The second kappa shape index (κ2) is 39.4. The van der Waals surface area contributed by atoms with Gasteiger partial charge in [-0.1, -0.05) is 320 Å². The number of hydrogen-bond acceptors (Lipinski definition) is 5. The number of aliphatic carboxylic acids is 1. The van der Waals surface area contributed by atoms with Gasteiger partial charge in [0.15, 0.2) is 0 Å². The molecule has 3 N–H and O–H groups in total. The van der Waals surface area contributed by atoms with Gasteiger partial charge in [-0.3, -0.25) is 9.59 Å². The molecule has 0 saturated heterocycles. The monoisotopic (exact) mass is 1060 g/mol. The van der Waals surface area contributed by atoms with Crippen molar-refractivity contribution in [2.75, 3.05) is 6.61 Å². The second-order valence-electron chi connectivity index (χ2n) is 27.4. The number of carboxylic acid groups (broad SMARTS) is 1. The van der Waals surface area contributed by atoms with E-state index in [1.165, 1.54) is 186 Å². The Morgan fingerprint density at radius 2 is 0.671 bits per heavy atom. The lowest BCUT2D eigenvalue weighted by Crippen LogP contribution is -2.22. The molecular weight excluding hydrogens is 937 g/mol. The van der Waals surface area contributed by atoms with E-state index in [4.69, 9.17) is 9.84 Å². The van der Waals surface area contributed by atoms with Gasteiger partial charge >= 0.3 is 11.9 Å². The highest BCUT2D eigenvalue weighted by Crippen LogP contribution is 2.42. The van der Waals surface area contributed by atoms with Crippen LogP contribution in [0.3, 0.4) is 0 Å². The van der Waals surface area contributed by atoms with Crippen molar-refractivity contribution in [1.29, 1.82) is 0 Å². The average Bonchev–Trinajstić information content (AvgIpc) is 3.33. The molecule has 0 bridgehead atoms. The third-order valence-corrected chi connectivity index (χ3v) is 15.7. The summed E-state index contributed by atoms with van der Waals surface area (Å²) in [5.74, 6) is -0.201.